The molecule has 0 radical (unpaired) electrons. The smallest absolute Gasteiger partial charge is 0.410 e. The number of rotatable bonds is 2. The maximum absolute atomic E-state index is 12.1. The molecule has 22 heavy (non-hydrogen) atoms. The molecule has 0 bridgehead atoms. The van der Waals surface area contributed by atoms with Gasteiger partial charge in [0.25, 0.3) is 0 Å². The van der Waals surface area contributed by atoms with Gasteiger partial charge in [-0.25, -0.2) is 4.79 Å². The zero-order chi connectivity index (χ0) is 16.2. The lowest BCUT2D eigenvalue weighted by atomic mass is 9.97. The normalized spacial score (nSPS) is 23.0. The Kier molecular flexibility index (Phi) is 5.76. The molecular formula is C18H32N2O2. The topological polar surface area (TPSA) is 32.8 Å². The van der Waals surface area contributed by atoms with Gasteiger partial charge in [0.15, 0.2) is 0 Å². The third-order valence-corrected chi connectivity index (χ3v) is 4.45. The number of amides is 1. The fourth-order valence-corrected chi connectivity index (χ4v) is 3.43. The number of carbonyl (C=O) groups excluding carboxylic acids is 1. The molecule has 2 saturated heterocycles. The van der Waals surface area contributed by atoms with Gasteiger partial charge in [-0.05, 0) is 59.3 Å². The molecule has 0 aliphatic carbocycles. The summed E-state index contributed by atoms with van der Waals surface area (Å²) in [5.41, 5.74) is 1.13. The predicted molar refractivity (Wildman–Crippen MR) is 89.8 cm³/mol. The van der Waals surface area contributed by atoms with E-state index in [0.717, 1.165) is 32.4 Å². The molecule has 4 heteroatoms. The van der Waals surface area contributed by atoms with E-state index in [1.165, 1.54) is 31.5 Å². The van der Waals surface area contributed by atoms with Crippen LogP contribution >= 0.6 is 0 Å². The average Bonchev–Trinajstić information content (AvgIpc) is 2.47. The van der Waals surface area contributed by atoms with Crippen molar-refractivity contribution in [3.63, 3.8) is 0 Å². The summed E-state index contributed by atoms with van der Waals surface area (Å²) in [7, 11) is 0. The lowest BCUT2D eigenvalue weighted by Crippen LogP contribution is -2.48. The van der Waals surface area contributed by atoms with Crippen LogP contribution in [0.2, 0.25) is 0 Å². The van der Waals surface area contributed by atoms with Crippen LogP contribution in [0.25, 0.3) is 0 Å². The minimum absolute atomic E-state index is 0.158. The summed E-state index contributed by atoms with van der Waals surface area (Å²) in [6.07, 6.45) is 9.30. The fourth-order valence-electron chi connectivity index (χ4n) is 3.43. The van der Waals surface area contributed by atoms with Crippen LogP contribution in [0, 0.1) is 0 Å². The molecule has 0 aromatic rings. The van der Waals surface area contributed by atoms with Crippen LogP contribution in [-0.4, -0.2) is 47.2 Å². The van der Waals surface area contributed by atoms with Crippen molar-refractivity contribution in [2.75, 3.05) is 19.6 Å². The van der Waals surface area contributed by atoms with Crippen molar-refractivity contribution < 1.29 is 9.53 Å². The highest BCUT2D eigenvalue weighted by atomic mass is 16.6. The van der Waals surface area contributed by atoms with E-state index in [4.69, 9.17) is 4.74 Å². The third-order valence-electron chi connectivity index (χ3n) is 4.45. The van der Waals surface area contributed by atoms with Gasteiger partial charge in [-0.1, -0.05) is 13.0 Å². The standard InChI is InChI=1S/C18H32N2O2/c1-5-8-15-9-6-7-12-20(15)16-10-13-19(14-11-16)17(21)22-18(2,3)4/h8,16H,5-7,9-14H2,1-4H3/b15-8+. The molecule has 1 amide bonds. The second-order valence-electron chi connectivity index (χ2n) is 7.45. The Bertz CT molecular complexity index is 404. The summed E-state index contributed by atoms with van der Waals surface area (Å²) in [6.45, 7) is 10.8. The van der Waals surface area contributed by atoms with Gasteiger partial charge in [-0.2, -0.15) is 0 Å². The van der Waals surface area contributed by atoms with Crippen LogP contribution in [0.5, 0.6) is 0 Å². The lowest BCUT2D eigenvalue weighted by molar-refractivity contribution is 0.0154. The molecule has 0 aromatic heterocycles. The molecule has 126 valence electrons. The summed E-state index contributed by atoms with van der Waals surface area (Å²) >= 11 is 0. The zero-order valence-electron chi connectivity index (χ0n) is 14.7. The number of nitrogens with zero attached hydrogens (tertiary/aromatic N) is 2. The summed E-state index contributed by atoms with van der Waals surface area (Å²) in [5.74, 6) is 0. The van der Waals surface area contributed by atoms with Crippen LogP contribution in [0.1, 0.15) is 66.2 Å². The molecule has 4 nitrogen and oxygen atoms in total. The number of allylic oxidation sites excluding steroid dienone is 2. The van der Waals surface area contributed by atoms with Crippen molar-refractivity contribution in [2.45, 2.75) is 77.9 Å². The number of ether oxygens (including phenoxy) is 1. The Morgan fingerprint density at radius 3 is 2.50 bits per heavy atom. The zero-order valence-corrected chi connectivity index (χ0v) is 14.7. The number of hydrogen-bond acceptors (Lipinski definition) is 3. The Morgan fingerprint density at radius 2 is 1.91 bits per heavy atom. The summed E-state index contributed by atoms with van der Waals surface area (Å²) in [4.78, 5) is 16.6. The third kappa shape index (κ3) is 4.65. The van der Waals surface area contributed by atoms with Gasteiger partial charge in [0.05, 0.1) is 0 Å². The van der Waals surface area contributed by atoms with Gasteiger partial charge >= 0.3 is 6.09 Å². The van der Waals surface area contributed by atoms with Crippen LogP contribution in [-0.2, 0) is 4.74 Å². The second-order valence-corrected chi connectivity index (χ2v) is 7.45. The predicted octanol–water partition coefficient (Wildman–Crippen LogP) is 4.17. The van der Waals surface area contributed by atoms with Crippen molar-refractivity contribution in [1.82, 2.24) is 9.80 Å². The average molecular weight is 308 g/mol. The van der Waals surface area contributed by atoms with E-state index in [1.54, 1.807) is 0 Å². The second kappa shape index (κ2) is 7.38. The van der Waals surface area contributed by atoms with Gasteiger partial charge in [0.2, 0.25) is 0 Å². The molecule has 0 N–H and O–H groups in total. The molecule has 2 aliphatic heterocycles. The monoisotopic (exact) mass is 308 g/mol. The lowest BCUT2D eigenvalue weighted by Gasteiger charge is -2.43. The molecule has 2 rings (SSSR count). The van der Waals surface area contributed by atoms with E-state index >= 15 is 0 Å². The first-order valence-electron chi connectivity index (χ1n) is 8.84. The molecule has 2 fully saturated rings. The summed E-state index contributed by atoms with van der Waals surface area (Å²) < 4.78 is 5.48. The Balaban J connectivity index is 1.88. The van der Waals surface area contributed by atoms with Gasteiger partial charge in [0, 0.05) is 31.4 Å². The fraction of sp³-hybridized carbons (Fsp3) is 0.833. The van der Waals surface area contributed by atoms with E-state index in [1.807, 2.05) is 25.7 Å². The first-order valence-corrected chi connectivity index (χ1v) is 8.84. The Morgan fingerprint density at radius 1 is 1.23 bits per heavy atom. The maximum atomic E-state index is 12.1. The Hall–Kier alpha value is -1.19. The van der Waals surface area contributed by atoms with Crippen molar-refractivity contribution in [2.24, 2.45) is 0 Å². The number of piperidine rings is 2. The molecule has 0 saturated carbocycles. The summed E-state index contributed by atoms with van der Waals surface area (Å²) in [6, 6.07) is 0.594. The molecule has 0 atom stereocenters. The van der Waals surface area contributed by atoms with Crippen LogP contribution in [0.4, 0.5) is 4.79 Å². The highest BCUT2D eigenvalue weighted by Gasteiger charge is 2.30. The van der Waals surface area contributed by atoms with Gasteiger partial charge in [0.1, 0.15) is 5.60 Å². The first kappa shape index (κ1) is 17.2. The molecule has 2 heterocycles. The van der Waals surface area contributed by atoms with Crippen LogP contribution in [0.3, 0.4) is 0 Å². The van der Waals surface area contributed by atoms with Gasteiger partial charge in [-0.15, -0.1) is 0 Å². The molecular weight excluding hydrogens is 276 g/mol. The van der Waals surface area contributed by atoms with E-state index in [0.29, 0.717) is 6.04 Å². The molecule has 0 spiro atoms. The SMILES string of the molecule is CC/C=C1\CCCCN1C1CCN(C(=O)OC(C)(C)C)CC1. The minimum Gasteiger partial charge on any atom is -0.444 e. The quantitative estimate of drug-likeness (QED) is 0.767. The van der Waals surface area contributed by atoms with Gasteiger partial charge < -0.3 is 14.5 Å². The summed E-state index contributed by atoms with van der Waals surface area (Å²) in [5, 5.41) is 0. The van der Waals surface area contributed by atoms with E-state index in [2.05, 4.69) is 17.9 Å². The largest absolute Gasteiger partial charge is 0.444 e. The van der Waals surface area contributed by atoms with E-state index < -0.39 is 5.60 Å². The van der Waals surface area contributed by atoms with E-state index in [-0.39, 0.29) is 6.09 Å². The highest BCUT2D eigenvalue weighted by molar-refractivity contribution is 5.68. The minimum atomic E-state index is -0.405. The molecule has 0 aromatic carbocycles. The van der Waals surface area contributed by atoms with Crippen molar-refractivity contribution in [3.05, 3.63) is 11.8 Å². The van der Waals surface area contributed by atoms with Gasteiger partial charge in [-0.3, -0.25) is 0 Å². The van der Waals surface area contributed by atoms with Crippen molar-refractivity contribution in [3.8, 4) is 0 Å². The molecule has 2 aliphatic rings. The number of likely N-dealkylation sites (tertiary alicyclic amines) is 2. The van der Waals surface area contributed by atoms with E-state index in [9.17, 15) is 4.79 Å². The number of carbonyl (C=O) groups is 1. The first-order chi connectivity index (χ1) is 10.4. The Labute approximate surface area is 135 Å². The van der Waals surface area contributed by atoms with Crippen LogP contribution in [0.15, 0.2) is 11.8 Å². The number of hydrogen-bond donors (Lipinski definition) is 0. The maximum Gasteiger partial charge on any atom is 0.410 e. The van der Waals surface area contributed by atoms with Crippen LogP contribution < -0.4 is 0 Å². The molecule has 0 unspecified atom stereocenters. The van der Waals surface area contributed by atoms with Crippen molar-refractivity contribution in [1.29, 1.82) is 0 Å². The highest BCUT2D eigenvalue weighted by Crippen LogP contribution is 2.28. The van der Waals surface area contributed by atoms with Crippen molar-refractivity contribution >= 4 is 6.09 Å².